The van der Waals surface area contributed by atoms with Gasteiger partial charge in [-0.15, -0.1) is 23.2 Å². The van der Waals surface area contributed by atoms with Gasteiger partial charge in [0.15, 0.2) is 0 Å². The topological polar surface area (TPSA) is 0 Å². The summed E-state index contributed by atoms with van der Waals surface area (Å²) >= 11 is 12.9. The van der Waals surface area contributed by atoms with Crippen LogP contribution in [-0.2, 0) is 0 Å². The van der Waals surface area contributed by atoms with E-state index in [2.05, 4.69) is 38.1 Å². The molecule has 2 aromatic rings. The number of rotatable bonds is 3. The van der Waals surface area contributed by atoms with Crippen molar-refractivity contribution in [3.63, 3.8) is 0 Å². The standard InChI is InChI=1S/C16H16Cl2/c1-11-3-7-13(8-4-11)15(17)16(18)14-9-5-12(2)6-10-14/h3-10,15-16H,1-2H3/t15-,16+. The number of halogens is 2. The molecule has 0 nitrogen and oxygen atoms in total. The molecule has 0 aliphatic heterocycles. The van der Waals surface area contributed by atoms with Gasteiger partial charge in [0.05, 0.1) is 10.8 Å². The van der Waals surface area contributed by atoms with Crippen LogP contribution in [0.2, 0.25) is 0 Å². The van der Waals surface area contributed by atoms with Crippen molar-refractivity contribution in [1.29, 1.82) is 0 Å². The normalized spacial score (nSPS) is 14.2. The second-order valence-corrected chi connectivity index (χ2v) is 5.57. The fourth-order valence-electron chi connectivity index (χ4n) is 1.84. The Morgan fingerprint density at radius 3 is 1.17 bits per heavy atom. The lowest BCUT2D eigenvalue weighted by Gasteiger charge is -2.17. The summed E-state index contributed by atoms with van der Waals surface area (Å²) in [5.74, 6) is 0. The van der Waals surface area contributed by atoms with Gasteiger partial charge < -0.3 is 0 Å². The first-order valence-corrected chi connectivity index (χ1v) is 6.86. The van der Waals surface area contributed by atoms with Crippen molar-refractivity contribution in [3.8, 4) is 0 Å². The molecule has 0 fully saturated rings. The van der Waals surface area contributed by atoms with Crippen molar-refractivity contribution in [1.82, 2.24) is 0 Å². The van der Waals surface area contributed by atoms with Crippen LogP contribution in [0.5, 0.6) is 0 Å². The number of aryl methyl sites for hydroxylation is 2. The van der Waals surface area contributed by atoms with Crippen LogP contribution in [0.15, 0.2) is 48.5 Å². The molecule has 0 bridgehead atoms. The highest BCUT2D eigenvalue weighted by atomic mass is 35.5. The first kappa shape index (κ1) is 13.5. The van der Waals surface area contributed by atoms with Crippen molar-refractivity contribution in [2.45, 2.75) is 24.6 Å². The summed E-state index contributed by atoms with van der Waals surface area (Å²) in [5.41, 5.74) is 4.57. The van der Waals surface area contributed by atoms with Gasteiger partial charge in [-0.3, -0.25) is 0 Å². The first-order chi connectivity index (χ1) is 8.58. The molecule has 2 atom stereocenters. The number of hydrogen-bond acceptors (Lipinski definition) is 0. The molecule has 0 saturated heterocycles. The molecule has 2 aromatic carbocycles. The molecule has 94 valence electrons. The van der Waals surface area contributed by atoms with Crippen molar-refractivity contribution in [3.05, 3.63) is 70.8 Å². The monoisotopic (exact) mass is 278 g/mol. The maximum absolute atomic E-state index is 6.45. The zero-order chi connectivity index (χ0) is 13.1. The van der Waals surface area contributed by atoms with Crippen molar-refractivity contribution in [2.75, 3.05) is 0 Å². The molecule has 0 unspecified atom stereocenters. The average molecular weight is 279 g/mol. The Balaban J connectivity index is 2.20. The molecule has 2 rings (SSSR count). The quantitative estimate of drug-likeness (QED) is 0.645. The van der Waals surface area contributed by atoms with Gasteiger partial charge in [-0.25, -0.2) is 0 Å². The molecular formula is C16H16Cl2. The number of hydrogen-bond donors (Lipinski definition) is 0. The summed E-state index contributed by atoms with van der Waals surface area (Å²) in [6.45, 7) is 4.12. The molecule has 0 aliphatic carbocycles. The van der Waals surface area contributed by atoms with E-state index in [1.54, 1.807) is 0 Å². The average Bonchev–Trinajstić information content (AvgIpc) is 2.39. The minimum Gasteiger partial charge on any atom is -0.116 e. The zero-order valence-corrected chi connectivity index (χ0v) is 12.0. The van der Waals surface area contributed by atoms with Crippen LogP contribution in [0.1, 0.15) is 33.0 Å². The van der Waals surface area contributed by atoms with Crippen LogP contribution in [0, 0.1) is 13.8 Å². The zero-order valence-electron chi connectivity index (χ0n) is 10.5. The van der Waals surface area contributed by atoms with Crippen LogP contribution < -0.4 is 0 Å². The van der Waals surface area contributed by atoms with Crippen LogP contribution in [0.4, 0.5) is 0 Å². The molecular weight excluding hydrogens is 263 g/mol. The third-order valence-electron chi connectivity index (χ3n) is 3.05. The molecule has 0 spiro atoms. The Hall–Kier alpha value is -0.980. The molecule has 0 radical (unpaired) electrons. The second kappa shape index (κ2) is 5.77. The fourth-order valence-corrected chi connectivity index (χ4v) is 2.42. The third kappa shape index (κ3) is 3.07. The van der Waals surface area contributed by atoms with Gasteiger partial charge in [0.1, 0.15) is 0 Å². The summed E-state index contributed by atoms with van der Waals surface area (Å²) in [6.07, 6.45) is 0. The van der Waals surface area contributed by atoms with E-state index in [-0.39, 0.29) is 10.8 Å². The maximum atomic E-state index is 6.45. The summed E-state index contributed by atoms with van der Waals surface area (Å²) in [4.78, 5) is 0. The van der Waals surface area contributed by atoms with Crippen LogP contribution in [0.25, 0.3) is 0 Å². The van der Waals surface area contributed by atoms with E-state index in [1.807, 2.05) is 24.3 Å². The Morgan fingerprint density at radius 1 is 0.611 bits per heavy atom. The van der Waals surface area contributed by atoms with Gasteiger partial charge in [-0.2, -0.15) is 0 Å². The molecule has 0 N–H and O–H groups in total. The highest BCUT2D eigenvalue weighted by Gasteiger charge is 2.20. The summed E-state index contributed by atoms with van der Waals surface area (Å²) < 4.78 is 0. The Labute approximate surface area is 119 Å². The molecule has 0 amide bonds. The predicted molar refractivity (Wildman–Crippen MR) is 79.5 cm³/mol. The Morgan fingerprint density at radius 2 is 0.889 bits per heavy atom. The molecule has 2 heteroatoms. The largest absolute Gasteiger partial charge is 0.116 e. The minimum atomic E-state index is -0.213. The van der Waals surface area contributed by atoms with Gasteiger partial charge in [-0.05, 0) is 25.0 Å². The highest BCUT2D eigenvalue weighted by molar-refractivity contribution is 6.30. The fraction of sp³-hybridized carbons (Fsp3) is 0.250. The van der Waals surface area contributed by atoms with Gasteiger partial charge in [-0.1, -0.05) is 59.7 Å². The summed E-state index contributed by atoms with van der Waals surface area (Å²) in [5, 5.41) is -0.426. The van der Waals surface area contributed by atoms with Crippen molar-refractivity contribution in [2.24, 2.45) is 0 Å². The highest BCUT2D eigenvalue weighted by Crippen LogP contribution is 2.39. The molecule has 0 aliphatic rings. The first-order valence-electron chi connectivity index (χ1n) is 5.99. The molecule has 0 saturated carbocycles. The number of benzene rings is 2. The summed E-state index contributed by atoms with van der Waals surface area (Å²) in [7, 11) is 0. The van der Waals surface area contributed by atoms with Crippen molar-refractivity contribution < 1.29 is 0 Å². The number of alkyl halides is 2. The lowest BCUT2D eigenvalue weighted by molar-refractivity contribution is 0.881. The van der Waals surface area contributed by atoms with Crippen LogP contribution >= 0.6 is 23.2 Å². The van der Waals surface area contributed by atoms with E-state index in [0.29, 0.717) is 0 Å². The molecule has 0 aromatic heterocycles. The van der Waals surface area contributed by atoms with E-state index in [9.17, 15) is 0 Å². The maximum Gasteiger partial charge on any atom is 0.0790 e. The lowest BCUT2D eigenvalue weighted by Crippen LogP contribution is -2.00. The molecule has 0 heterocycles. The van der Waals surface area contributed by atoms with Gasteiger partial charge >= 0.3 is 0 Å². The van der Waals surface area contributed by atoms with Crippen LogP contribution in [-0.4, -0.2) is 0 Å². The van der Waals surface area contributed by atoms with Gasteiger partial charge in [0.25, 0.3) is 0 Å². The molecule has 18 heavy (non-hydrogen) atoms. The van der Waals surface area contributed by atoms with Gasteiger partial charge in [0.2, 0.25) is 0 Å². The summed E-state index contributed by atoms with van der Waals surface area (Å²) in [6, 6.07) is 16.4. The van der Waals surface area contributed by atoms with Crippen molar-refractivity contribution >= 4 is 23.2 Å². The second-order valence-electron chi connectivity index (χ2n) is 4.62. The van der Waals surface area contributed by atoms with E-state index in [1.165, 1.54) is 11.1 Å². The smallest absolute Gasteiger partial charge is 0.0790 e. The Kier molecular flexibility index (Phi) is 4.31. The van der Waals surface area contributed by atoms with E-state index in [4.69, 9.17) is 23.2 Å². The third-order valence-corrected chi connectivity index (χ3v) is 4.19. The predicted octanol–water partition coefficient (Wildman–Crippen LogP) is 5.56. The van der Waals surface area contributed by atoms with Crippen LogP contribution in [0.3, 0.4) is 0 Å². The van der Waals surface area contributed by atoms with E-state index >= 15 is 0 Å². The minimum absolute atomic E-state index is 0.213. The lowest BCUT2D eigenvalue weighted by atomic mass is 10.0. The van der Waals surface area contributed by atoms with E-state index in [0.717, 1.165) is 11.1 Å². The SMILES string of the molecule is Cc1ccc([C@@H](Cl)[C@@H](Cl)c2ccc(C)cc2)cc1. The van der Waals surface area contributed by atoms with E-state index < -0.39 is 0 Å². The van der Waals surface area contributed by atoms with Gasteiger partial charge in [0, 0.05) is 0 Å². The Bertz CT molecular complexity index is 450.